The second-order valence-corrected chi connectivity index (χ2v) is 5.61. The Bertz CT molecular complexity index is 605. The first kappa shape index (κ1) is 11.4. The van der Waals surface area contributed by atoms with Gasteiger partial charge in [0.05, 0.1) is 6.54 Å². The summed E-state index contributed by atoms with van der Waals surface area (Å²) in [5.74, 6) is 0. The Morgan fingerprint density at radius 3 is 2.89 bits per heavy atom. The second-order valence-electron chi connectivity index (χ2n) is 3.50. The molecular weight excluding hydrogens is 266 g/mol. The van der Waals surface area contributed by atoms with Crippen LogP contribution in [0.1, 0.15) is 5.56 Å². The molecule has 0 fully saturated rings. The van der Waals surface area contributed by atoms with Gasteiger partial charge in [-0.25, -0.2) is 9.67 Å². The van der Waals surface area contributed by atoms with E-state index in [4.69, 9.17) is 0 Å². The minimum atomic E-state index is 0.668. The molecule has 0 unspecified atom stereocenters. The van der Waals surface area contributed by atoms with E-state index < -0.39 is 0 Å². The first-order valence-electron chi connectivity index (χ1n) is 5.29. The van der Waals surface area contributed by atoms with Crippen LogP contribution in [0.15, 0.2) is 51.4 Å². The fourth-order valence-corrected chi connectivity index (χ4v) is 2.96. The lowest BCUT2D eigenvalue weighted by molar-refractivity contribution is 0.603. The molecule has 2 aromatic heterocycles. The van der Waals surface area contributed by atoms with Crippen molar-refractivity contribution in [3.05, 3.63) is 47.5 Å². The minimum absolute atomic E-state index is 0.668. The van der Waals surface area contributed by atoms with Crippen molar-refractivity contribution in [2.75, 3.05) is 0 Å². The Morgan fingerprint density at radius 1 is 1.22 bits per heavy atom. The lowest BCUT2D eigenvalue weighted by Gasteiger charge is -2.02. The van der Waals surface area contributed by atoms with E-state index in [2.05, 4.69) is 32.6 Å². The molecule has 0 amide bonds. The standard InChI is InChI=1S/C11H9N5S2/c1-2-4-9(5-3-1)8-16-10(13-14-15-16)18-11-12-6-7-17-11/h1-7H,8H2. The molecule has 90 valence electrons. The summed E-state index contributed by atoms with van der Waals surface area (Å²) in [5.41, 5.74) is 1.17. The molecule has 1 aromatic carbocycles. The summed E-state index contributed by atoms with van der Waals surface area (Å²) in [7, 11) is 0. The molecule has 0 aliphatic rings. The fraction of sp³-hybridized carbons (Fsp3) is 0.0909. The molecule has 0 aliphatic carbocycles. The number of aromatic nitrogens is 5. The Balaban J connectivity index is 1.79. The third-order valence-electron chi connectivity index (χ3n) is 2.26. The van der Waals surface area contributed by atoms with Crippen molar-refractivity contribution < 1.29 is 0 Å². The third kappa shape index (κ3) is 2.57. The van der Waals surface area contributed by atoms with E-state index in [9.17, 15) is 0 Å². The van der Waals surface area contributed by atoms with E-state index >= 15 is 0 Å². The molecule has 2 heterocycles. The Morgan fingerprint density at radius 2 is 2.11 bits per heavy atom. The number of hydrogen-bond donors (Lipinski definition) is 0. The molecule has 0 N–H and O–H groups in total. The fourth-order valence-electron chi connectivity index (χ4n) is 1.46. The van der Waals surface area contributed by atoms with Crippen LogP contribution in [0.3, 0.4) is 0 Å². The molecule has 0 saturated carbocycles. The van der Waals surface area contributed by atoms with Gasteiger partial charge in [0.25, 0.3) is 0 Å². The quantitative estimate of drug-likeness (QED) is 0.731. The van der Waals surface area contributed by atoms with Crippen molar-refractivity contribution in [1.29, 1.82) is 0 Å². The molecule has 0 spiro atoms. The van der Waals surface area contributed by atoms with Crippen molar-refractivity contribution in [3.8, 4) is 0 Å². The van der Waals surface area contributed by atoms with Crippen molar-refractivity contribution in [2.24, 2.45) is 0 Å². The summed E-state index contributed by atoms with van der Waals surface area (Å²) < 4.78 is 2.72. The van der Waals surface area contributed by atoms with E-state index in [1.807, 2.05) is 23.6 Å². The minimum Gasteiger partial charge on any atom is -0.238 e. The topological polar surface area (TPSA) is 56.5 Å². The maximum absolute atomic E-state index is 4.21. The average molecular weight is 275 g/mol. The van der Waals surface area contributed by atoms with Gasteiger partial charge in [-0.3, -0.25) is 0 Å². The van der Waals surface area contributed by atoms with Gasteiger partial charge in [-0.15, -0.1) is 16.4 Å². The van der Waals surface area contributed by atoms with Gasteiger partial charge in [-0.05, 0) is 27.8 Å². The number of thiazole rings is 1. The predicted octanol–water partition coefficient (Wildman–Crippen LogP) is 2.33. The van der Waals surface area contributed by atoms with Gasteiger partial charge in [0, 0.05) is 11.6 Å². The van der Waals surface area contributed by atoms with Crippen molar-refractivity contribution in [1.82, 2.24) is 25.2 Å². The van der Waals surface area contributed by atoms with Gasteiger partial charge < -0.3 is 0 Å². The lowest BCUT2D eigenvalue weighted by atomic mass is 10.2. The number of hydrogen-bond acceptors (Lipinski definition) is 6. The summed E-state index contributed by atoms with van der Waals surface area (Å²) in [6.45, 7) is 0.668. The first-order chi connectivity index (χ1) is 8.92. The van der Waals surface area contributed by atoms with Gasteiger partial charge in [0.1, 0.15) is 0 Å². The zero-order chi connectivity index (χ0) is 12.2. The monoisotopic (exact) mass is 275 g/mol. The van der Waals surface area contributed by atoms with Crippen LogP contribution >= 0.6 is 23.1 Å². The van der Waals surface area contributed by atoms with Crippen LogP contribution in [0.5, 0.6) is 0 Å². The van der Waals surface area contributed by atoms with Gasteiger partial charge in [0.2, 0.25) is 5.16 Å². The van der Waals surface area contributed by atoms with Crippen LogP contribution < -0.4 is 0 Å². The molecule has 3 aromatic rings. The van der Waals surface area contributed by atoms with Crippen LogP contribution in [-0.2, 0) is 6.54 Å². The number of nitrogens with zero attached hydrogens (tertiary/aromatic N) is 5. The number of benzene rings is 1. The Kier molecular flexibility index (Phi) is 3.33. The summed E-state index contributed by atoms with van der Waals surface area (Å²) in [6.07, 6.45) is 1.78. The second kappa shape index (κ2) is 5.28. The summed E-state index contributed by atoms with van der Waals surface area (Å²) >= 11 is 3.06. The van der Waals surface area contributed by atoms with Crippen molar-refractivity contribution in [3.63, 3.8) is 0 Å². The molecule has 0 bridgehead atoms. The Labute approximate surface area is 112 Å². The molecule has 18 heavy (non-hydrogen) atoms. The van der Waals surface area contributed by atoms with E-state index in [1.165, 1.54) is 17.3 Å². The summed E-state index contributed by atoms with van der Waals surface area (Å²) in [6, 6.07) is 10.1. The van der Waals surface area contributed by atoms with Gasteiger partial charge >= 0.3 is 0 Å². The molecule has 0 aliphatic heterocycles. The predicted molar refractivity (Wildman–Crippen MR) is 69.6 cm³/mol. The molecule has 0 radical (unpaired) electrons. The van der Waals surface area contributed by atoms with Crippen LogP contribution in [0.2, 0.25) is 0 Å². The average Bonchev–Trinajstić information content (AvgIpc) is 3.04. The number of tetrazole rings is 1. The van der Waals surface area contributed by atoms with E-state index in [0.29, 0.717) is 6.54 Å². The Hall–Kier alpha value is -1.73. The highest BCUT2D eigenvalue weighted by molar-refractivity contribution is 8.00. The highest BCUT2D eigenvalue weighted by Crippen LogP contribution is 2.26. The van der Waals surface area contributed by atoms with Crippen LogP contribution in [0.25, 0.3) is 0 Å². The lowest BCUT2D eigenvalue weighted by Crippen LogP contribution is -2.03. The smallest absolute Gasteiger partial charge is 0.216 e. The van der Waals surface area contributed by atoms with E-state index in [-0.39, 0.29) is 0 Å². The molecule has 0 atom stereocenters. The summed E-state index contributed by atoms with van der Waals surface area (Å²) in [5, 5.41) is 14.4. The van der Waals surface area contributed by atoms with Crippen LogP contribution in [0.4, 0.5) is 0 Å². The van der Waals surface area contributed by atoms with Crippen LogP contribution in [-0.4, -0.2) is 25.2 Å². The molecular formula is C11H9N5S2. The summed E-state index contributed by atoms with van der Waals surface area (Å²) in [4.78, 5) is 4.21. The number of rotatable bonds is 4. The van der Waals surface area contributed by atoms with Gasteiger partial charge in [0.15, 0.2) is 4.34 Å². The van der Waals surface area contributed by atoms with Crippen molar-refractivity contribution >= 4 is 23.1 Å². The highest BCUT2D eigenvalue weighted by Gasteiger charge is 2.09. The van der Waals surface area contributed by atoms with Gasteiger partial charge in [-0.1, -0.05) is 30.3 Å². The molecule has 5 nitrogen and oxygen atoms in total. The first-order valence-corrected chi connectivity index (χ1v) is 6.99. The maximum atomic E-state index is 4.21. The third-order valence-corrected chi connectivity index (χ3v) is 4.12. The van der Waals surface area contributed by atoms with Crippen molar-refractivity contribution in [2.45, 2.75) is 16.0 Å². The van der Waals surface area contributed by atoms with Gasteiger partial charge in [-0.2, -0.15) is 0 Å². The largest absolute Gasteiger partial charge is 0.238 e. The molecule has 7 heteroatoms. The maximum Gasteiger partial charge on any atom is 0.216 e. The van der Waals surface area contributed by atoms with E-state index in [0.717, 1.165) is 9.50 Å². The van der Waals surface area contributed by atoms with E-state index in [1.54, 1.807) is 22.2 Å². The molecule has 0 saturated heterocycles. The zero-order valence-corrected chi connectivity index (χ0v) is 10.9. The molecule has 3 rings (SSSR count). The highest BCUT2D eigenvalue weighted by atomic mass is 32.2. The zero-order valence-electron chi connectivity index (χ0n) is 9.30. The normalized spacial score (nSPS) is 10.7. The van der Waals surface area contributed by atoms with Crippen LogP contribution in [0, 0.1) is 0 Å². The SMILES string of the molecule is c1ccc(Cn2nnnc2Sc2nccs2)cc1.